The first-order valence-corrected chi connectivity index (χ1v) is 9.54. The van der Waals surface area contributed by atoms with Gasteiger partial charge in [0.15, 0.2) is 5.96 Å². The highest BCUT2D eigenvalue weighted by molar-refractivity contribution is 14.0. The number of guanidine groups is 1. The number of aliphatic imine (C=N–C) groups is 1. The monoisotopic (exact) mass is 498 g/mol. The molecule has 1 unspecified atom stereocenters. The molecule has 28 heavy (non-hydrogen) atoms. The van der Waals surface area contributed by atoms with Crippen molar-refractivity contribution in [1.82, 2.24) is 15.5 Å². The maximum Gasteiger partial charge on any atom is 0.191 e. The summed E-state index contributed by atoms with van der Waals surface area (Å²) >= 11 is 0. The van der Waals surface area contributed by atoms with Crippen LogP contribution in [0.3, 0.4) is 0 Å². The predicted molar refractivity (Wildman–Crippen MR) is 123 cm³/mol. The summed E-state index contributed by atoms with van der Waals surface area (Å²) in [5.41, 5.74) is 2.55. The summed E-state index contributed by atoms with van der Waals surface area (Å²) < 4.78 is 11.4. The molecule has 0 aliphatic carbocycles. The van der Waals surface area contributed by atoms with Crippen LogP contribution in [0.5, 0.6) is 0 Å². The zero-order chi connectivity index (χ0) is 19.1. The van der Waals surface area contributed by atoms with Gasteiger partial charge in [-0.25, -0.2) is 0 Å². The van der Waals surface area contributed by atoms with E-state index >= 15 is 0 Å². The molecule has 1 aliphatic heterocycles. The predicted octanol–water partition coefficient (Wildman–Crippen LogP) is 3.25. The number of hydrogen-bond donors (Lipinski definition) is 2. The zero-order valence-electron chi connectivity index (χ0n) is 16.9. The SMILES string of the molecule is CN=C(NCc1ccccc1C)NCC(c1ccc(C)o1)N1CCOCC1.I. The molecule has 7 heteroatoms. The van der Waals surface area contributed by atoms with Gasteiger partial charge in [0, 0.05) is 33.2 Å². The van der Waals surface area contributed by atoms with Gasteiger partial charge in [0.2, 0.25) is 0 Å². The summed E-state index contributed by atoms with van der Waals surface area (Å²) in [6.07, 6.45) is 0. The lowest BCUT2D eigenvalue weighted by atomic mass is 10.1. The van der Waals surface area contributed by atoms with Crippen LogP contribution in [-0.4, -0.2) is 50.8 Å². The molecular formula is C21H31IN4O2. The molecule has 2 heterocycles. The lowest BCUT2D eigenvalue weighted by Gasteiger charge is -2.33. The van der Waals surface area contributed by atoms with E-state index in [0.717, 1.165) is 56.9 Å². The van der Waals surface area contributed by atoms with Crippen LogP contribution in [0.1, 0.15) is 28.7 Å². The average molecular weight is 498 g/mol. The Morgan fingerprint density at radius 3 is 2.50 bits per heavy atom. The van der Waals surface area contributed by atoms with Gasteiger partial charge in [-0.3, -0.25) is 9.89 Å². The summed E-state index contributed by atoms with van der Waals surface area (Å²) in [6.45, 7) is 8.90. The number of rotatable bonds is 6. The fourth-order valence-corrected chi connectivity index (χ4v) is 3.33. The maximum atomic E-state index is 5.93. The normalized spacial score (nSPS) is 16.3. The number of halogens is 1. The number of benzene rings is 1. The second kappa shape index (κ2) is 11.4. The second-order valence-electron chi connectivity index (χ2n) is 6.85. The van der Waals surface area contributed by atoms with Crippen molar-refractivity contribution in [1.29, 1.82) is 0 Å². The summed E-state index contributed by atoms with van der Waals surface area (Å²) in [5.74, 6) is 2.71. The number of hydrogen-bond acceptors (Lipinski definition) is 4. The highest BCUT2D eigenvalue weighted by Gasteiger charge is 2.25. The molecule has 0 bridgehead atoms. The van der Waals surface area contributed by atoms with Crippen molar-refractivity contribution in [3.63, 3.8) is 0 Å². The van der Waals surface area contributed by atoms with Gasteiger partial charge in [-0.05, 0) is 37.1 Å². The van der Waals surface area contributed by atoms with Gasteiger partial charge in [0.05, 0.1) is 19.3 Å². The molecule has 1 aromatic carbocycles. The topological polar surface area (TPSA) is 62.0 Å². The third-order valence-electron chi connectivity index (χ3n) is 4.97. The molecule has 154 valence electrons. The quantitative estimate of drug-likeness (QED) is 0.364. The van der Waals surface area contributed by atoms with E-state index in [9.17, 15) is 0 Å². The molecule has 0 radical (unpaired) electrons. The van der Waals surface area contributed by atoms with Gasteiger partial charge < -0.3 is 19.8 Å². The number of furan rings is 1. The minimum atomic E-state index is 0. The molecule has 2 aromatic rings. The van der Waals surface area contributed by atoms with E-state index in [4.69, 9.17) is 9.15 Å². The smallest absolute Gasteiger partial charge is 0.191 e. The Hall–Kier alpha value is -1.58. The van der Waals surface area contributed by atoms with Crippen molar-refractivity contribution in [3.8, 4) is 0 Å². The third-order valence-corrected chi connectivity index (χ3v) is 4.97. The van der Waals surface area contributed by atoms with Gasteiger partial charge in [-0.15, -0.1) is 24.0 Å². The molecule has 0 amide bonds. The molecule has 1 atom stereocenters. The van der Waals surface area contributed by atoms with Crippen molar-refractivity contribution < 1.29 is 9.15 Å². The third kappa shape index (κ3) is 6.22. The van der Waals surface area contributed by atoms with Gasteiger partial charge in [-0.1, -0.05) is 24.3 Å². The van der Waals surface area contributed by atoms with Crippen LogP contribution in [0.15, 0.2) is 45.8 Å². The first kappa shape index (κ1) is 22.7. The molecule has 1 aliphatic rings. The van der Waals surface area contributed by atoms with E-state index in [2.05, 4.69) is 57.8 Å². The Bertz CT molecular complexity index is 756. The highest BCUT2D eigenvalue weighted by atomic mass is 127. The Kier molecular flexibility index (Phi) is 9.27. The molecule has 1 fully saturated rings. The van der Waals surface area contributed by atoms with Gasteiger partial charge in [0.1, 0.15) is 11.5 Å². The minimum absolute atomic E-state index is 0. The van der Waals surface area contributed by atoms with E-state index in [0.29, 0.717) is 0 Å². The first-order valence-electron chi connectivity index (χ1n) is 9.54. The summed E-state index contributed by atoms with van der Waals surface area (Å²) in [4.78, 5) is 6.78. The minimum Gasteiger partial charge on any atom is -0.465 e. The van der Waals surface area contributed by atoms with Gasteiger partial charge in [-0.2, -0.15) is 0 Å². The fourth-order valence-electron chi connectivity index (χ4n) is 3.33. The fraction of sp³-hybridized carbons (Fsp3) is 0.476. The van der Waals surface area contributed by atoms with Crippen LogP contribution in [0.2, 0.25) is 0 Å². The molecular weight excluding hydrogens is 467 g/mol. The van der Waals surface area contributed by atoms with E-state index in [1.54, 1.807) is 7.05 Å². The van der Waals surface area contributed by atoms with E-state index < -0.39 is 0 Å². The van der Waals surface area contributed by atoms with E-state index in [1.165, 1.54) is 11.1 Å². The van der Waals surface area contributed by atoms with Crippen molar-refractivity contribution in [2.24, 2.45) is 4.99 Å². The molecule has 1 saturated heterocycles. The number of nitrogens with one attached hydrogen (secondary N) is 2. The van der Waals surface area contributed by atoms with Gasteiger partial charge >= 0.3 is 0 Å². The van der Waals surface area contributed by atoms with Crippen LogP contribution in [0.25, 0.3) is 0 Å². The summed E-state index contributed by atoms with van der Waals surface area (Å²) in [6, 6.07) is 12.6. The molecule has 6 nitrogen and oxygen atoms in total. The highest BCUT2D eigenvalue weighted by Crippen LogP contribution is 2.23. The number of morpholine rings is 1. The van der Waals surface area contributed by atoms with Crippen molar-refractivity contribution >= 4 is 29.9 Å². The lowest BCUT2D eigenvalue weighted by molar-refractivity contribution is 0.0124. The van der Waals surface area contributed by atoms with Crippen LogP contribution in [-0.2, 0) is 11.3 Å². The largest absolute Gasteiger partial charge is 0.465 e. The first-order chi connectivity index (χ1) is 13.2. The van der Waals surface area contributed by atoms with Crippen molar-refractivity contribution in [3.05, 3.63) is 59.0 Å². The second-order valence-corrected chi connectivity index (χ2v) is 6.85. The lowest BCUT2D eigenvalue weighted by Crippen LogP contribution is -2.46. The summed E-state index contributed by atoms with van der Waals surface area (Å²) in [5, 5.41) is 6.87. The molecule has 0 spiro atoms. The van der Waals surface area contributed by atoms with Crippen molar-refractivity contribution in [2.45, 2.75) is 26.4 Å². The molecule has 2 N–H and O–H groups in total. The Balaban J connectivity index is 0.00000280. The Labute approximate surface area is 184 Å². The molecule has 1 aromatic heterocycles. The van der Waals surface area contributed by atoms with E-state index in [-0.39, 0.29) is 30.0 Å². The Morgan fingerprint density at radius 1 is 1.11 bits per heavy atom. The Morgan fingerprint density at radius 2 is 1.86 bits per heavy atom. The van der Waals surface area contributed by atoms with Crippen LogP contribution in [0, 0.1) is 13.8 Å². The van der Waals surface area contributed by atoms with Gasteiger partial charge in [0.25, 0.3) is 0 Å². The van der Waals surface area contributed by atoms with Crippen LogP contribution < -0.4 is 10.6 Å². The van der Waals surface area contributed by atoms with Crippen LogP contribution in [0.4, 0.5) is 0 Å². The summed E-state index contributed by atoms with van der Waals surface area (Å²) in [7, 11) is 1.80. The average Bonchev–Trinajstić information content (AvgIpc) is 3.12. The standard InChI is InChI=1S/C21H30N4O2.HI/c1-16-6-4-5-7-18(16)14-23-21(22-3)24-15-19(20-9-8-17(2)27-20)25-10-12-26-13-11-25;/h4-9,19H,10-15H2,1-3H3,(H2,22,23,24);1H. The van der Waals surface area contributed by atoms with Crippen molar-refractivity contribution in [2.75, 3.05) is 39.9 Å². The molecule has 3 rings (SSSR count). The number of nitrogens with zero attached hydrogens (tertiary/aromatic N) is 2. The number of ether oxygens (including phenoxy) is 1. The zero-order valence-corrected chi connectivity index (χ0v) is 19.2. The molecule has 0 saturated carbocycles. The maximum absolute atomic E-state index is 5.93. The number of aryl methyl sites for hydroxylation is 2. The van der Waals surface area contributed by atoms with E-state index in [1.807, 2.05) is 13.0 Å². The van der Waals surface area contributed by atoms with Crippen LogP contribution >= 0.6 is 24.0 Å².